The second kappa shape index (κ2) is 5.23. The van der Waals surface area contributed by atoms with Crippen molar-refractivity contribution in [3.8, 4) is 0 Å². The minimum atomic E-state index is -1.03. The number of nitrogens with one attached hydrogen (secondary N) is 2. The van der Waals surface area contributed by atoms with Gasteiger partial charge in [-0.3, -0.25) is 9.89 Å². The molecule has 19 heavy (non-hydrogen) atoms. The molecule has 1 amide bonds. The third-order valence-electron chi connectivity index (χ3n) is 2.76. The van der Waals surface area contributed by atoms with E-state index in [2.05, 4.69) is 15.5 Å². The highest BCUT2D eigenvalue weighted by Gasteiger charge is 2.20. The molecule has 0 saturated carbocycles. The number of hydrogen-bond donors (Lipinski definition) is 3. The molecule has 2 aromatic rings. The monoisotopic (exact) mass is 279 g/mol. The Morgan fingerprint density at radius 2 is 2.21 bits per heavy atom. The van der Waals surface area contributed by atoms with Gasteiger partial charge in [0.05, 0.1) is 12.0 Å². The van der Waals surface area contributed by atoms with Crippen LogP contribution in [-0.4, -0.2) is 27.2 Å². The zero-order valence-electron chi connectivity index (χ0n) is 10.5. The first-order chi connectivity index (χ1) is 8.99. The van der Waals surface area contributed by atoms with Crippen molar-refractivity contribution in [1.29, 1.82) is 0 Å². The molecule has 0 spiro atoms. The summed E-state index contributed by atoms with van der Waals surface area (Å²) in [6.45, 7) is 3.57. The summed E-state index contributed by atoms with van der Waals surface area (Å²) in [5.41, 5.74) is 1.54. The van der Waals surface area contributed by atoms with E-state index < -0.39 is 5.97 Å². The van der Waals surface area contributed by atoms with Crippen molar-refractivity contribution in [2.24, 2.45) is 0 Å². The van der Waals surface area contributed by atoms with Crippen LogP contribution in [0, 0.1) is 13.8 Å². The minimum Gasteiger partial charge on any atom is -0.478 e. The Morgan fingerprint density at radius 3 is 2.79 bits per heavy atom. The number of aromatic nitrogens is 2. The molecule has 0 saturated heterocycles. The molecule has 2 aromatic heterocycles. The number of amides is 1. The van der Waals surface area contributed by atoms with Crippen molar-refractivity contribution >= 4 is 28.2 Å². The van der Waals surface area contributed by atoms with Crippen molar-refractivity contribution in [2.45, 2.75) is 20.3 Å². The fourth-order valence-corrected chi connectivity index (χ4v) is 2.77. The maximum Gasteiger partial charge on any atom is 0.338 e. The van der Waals surface area contributed by atoms with E-state index in [0.717, 1.165) is 4.88 Å². The summed E-state index contributed by atoms with van der Waals surface area (Å²) in [6, 6.07) is 1.70. The lowest BCUT2D eigenvalue weighted by Gasteiger charge is -2.03. The van der Waals surface area contributed by atoms with E-state index in [1.807, 2.05) is 6.92 Å². The average molecular weight is 279 g/mol. The van der Waals surface area contributed by atoms with E-state index >= 15 is 0 Å². The van der Waals surface area contributed by atoms with Crippen LogP contribution < -0.4 is 5.32 Å². The van der Waals surface area contributed by atoms with E-state index in [1.54, 1.807) is 19.2 Å². The van der Waals surface area contributed by atoms with Crippen LogP contribution in [0.1, 0.15) is 26.5 Å². The van der Waals surface area contributed by atoms with Crippen molar-refractivity contribution in [3.63, 3.8) is 0 Å². The van der Waals surface area contributed by atoms with Gasteiger partial charge in [-0.1, -0.05) is 0 Å². The van der Waals surface area contributed by atoms with Gasteiger partial charge in [-0.05, 0) is 25.5 Å². The standard InChI is InChI=1S/C12H13N3O3S/c1-6-7(2)19-11(10(6)12(17)18)14-9(16)5-8-3-4-13-15-8/h3-4H,5H2,1-2H3,(H,13,15)(H,14,16)(H,17,18). The van der Waals surface area contributed by atoms with E-state index in [0.29, 0.717) is 16.3 Å². The van der Waals surface area contributed by atoms with Crippen LogP contribution in [-0.2, 0) is 11.2 Å². The first-order valence-electron chi connectivity index (χ1n) is 5.60. The van der Waals surface area contributed by atoms with Gasteiger partial charge in [0.1, 0.15) is 5.00 Å². The van der Waals surface area contributed by atoms with Crippen molar-refractivity contribution in [3.05, 3.63) is 34.0 Å². The molecule has 100 valence electrons. The smallest absolute Gasteiger partial charge is 0.338 e. The Bertz CT molecular complexity index is 616. The lowest BCUT2D eigenvalue weighted by Crippen LogP contribution is -2.15. The highest BCUT2D eigenvalue weighted by Crippen LogP contribution is 2.32. The molecule has 6 nitrogen and oxygen atoms in total. The zero-order valence-corrected chi connectivity index (χ0v) is 11.3. The molecule has 7 heteroatoms. The van der Waals surface area contributed by atoms with Gasteiger partial charge < -0.3 is 10.4 Å². The number of H-pyrrole nitrogens is 1. The number of aromatic carboxylic acids is 1. The molecule has 0 bridgehead atoms. The lowest BCUT2D eigenvalue weighted by molar-refractivity contribution is -0.115. The number of aryl methyl sites for hydroxylation is 1. The number of nitrogens with zero attached hydrogens (tertiary/aromatic N) is 1. The van der Waals surface area contributed by atoms with Crippen LogP contribution in [0.5, 0.6) is 0 Å². The topological polar surface area (TPSA) is 95.1 Å². The third-order valence-corrected chi connectivity index (χ3v) is 3.88. The number of hydrogen-bond acceptors (Lipinski definition) is 4. The summed E-state index contributed by atoms with van der Waals surface area (Å²) in [6.07, 6.45) is 1.69. The quantitative estimate of drug-likeness (QED) is 0.797. The molecule has 0 atom stereocenters. The number of rotatable bonds is 4. The number of carbonyl (C=O) groups excluding carboxylic acids is 1. The first kappa shape index (κ1) is 13.3. The summed E-state index contributed by atoms with van der Waals surface area (Å²) < 4.78 is 0. The van der Waals surface area contributed by atoms with Crippen LogP contribution in [0.3, 0.4) is 0 Å². The van der Waals surface area contributed by atoms with E-state index in [-0.39, 0.29) is 17.9 Å². The van der Waals surface area contributed by atoms with Gasteiger partial charge in [0.25, 0.3) is 0 Å². The van der Waals surface area contributed by atoms with Gasteiger partial charge in [-0.25, -0.2) is 4.79 Å². The van der Waals surface area contributed by atoms with Gasteiger partial charge in [0.15, 0.2) is 0 Å². The Balaban J connectivity index is 2.17. The SMILES string of the molecule is Cc1sc(NC(=O)Cc2ccn[nH]2)c(C(=O)O)c1C. The molecule has 0 unspecified atom stereocenters. The number of carbonyl (C=O) groups is 2. The second-order valence-electron chi connectivity index (χ2n) is 4.10. The molecule has 0 aliphatic carbocycles. The molecular weight excluding hydrogens is 266 g/mol. The van der Waals surface area contributed by atoms with Gasteiger partial charge in [0, 0.05) is 16.8 Å². The summed E-state index contributed by atoms with van der Waals surface area (Å²) >= 11 is 1.27. The average Bonchev–Trinajstić information content (AvgIpc) is 2.88. The molecule has 0 aliphatic heterocycles. The molecule has 0 radical (unpaired) electrons. The molecular formula is C12H13N3O3S. The maximum absolute atomic E-state index is 11.8. The van der Waals surface area contributed by atoms with Crippen LogP contribution in [0.4, 0.5) is 5.00 Å². The largest absolute Gasteiger partial charge is 0.478 e. The third kappa shape index (κ3) is 2.82. The van der Waals surface area contributed by atoms with Crippen molar-refractivity contribution in [2.75, 3.05) is 5.32 Å². The normalized spacial score (nSPS) is 10.4. The highest BCUT2D eigenvalue weighted by atomic mass is 32.1. The summed E-state index contributed by atoms with van der Waals surface area (Å²) in [4.78, 5) is 23.9. The number of aromatic amines is 1. The second-order valence-corrected chi connectivity index (χ2v) is 5.32. The summed E-state index contributed by atoms with van der Waals surface area (Å²) in [5.74, 6) is -1.30. The molecule has 0 aromatic carbocycles. The van der Waals surface area contributed by atoms with E-state index in [9.17, 15) is 9.59 Å². The van der Waals surface area contributed by atoms with Crippen LogP contribution in [0.2, 0.25) is 0 Å². The maximum atomic E-state index is 11.8. The van der Waals surface area contributed by atoms with Crippen LogP contribution >= 0.6 is 11.3 Å². The Labute approximate surface area is 113 Å². The minimum absolute atomic E-state index is 0.134. The number of carboxylic acids is 1. The number of anilines is 1. The molecule has 0 aliphatic rings. The molecule has 2 rings (SSSR count). The lowest BCUT2D eigenvalue weighted by atomic mass is 10.1. The molecule has 0 fully saturated rings. The highest BCUT2D eigenvalue weighted by molar-refractivity contribution is 7.16. The predicted molar refractivity (Wildman–Crippen MR) is 71.7 cm³/mol. The zero-order chi connectivity index (χ0) is 14.0. The van der Waals surface area contributed by atoms with E-state index in [4.69, 9.17) is 5.11 Å². The van der Waals surface area contributed by atoms with E-state index in [1.165, 1.54) is 11.3 Å². The van der Waals surface area contributed by atoms with Gasteiger partial charge in [0.2, 0.25) is 5.91 Å². The van der Waals surface area contributed by atoms with Crippen LogP contribution in [0.15, 0.2) is 12.3 Å². The number of carboxylic acid groups (broad SMARTS) is 1. The molecule has 2 heterocycles. The Hall–Kier alpha value is -2.15. The number of thiophene rings is 1. The molecule has 3 N–H and O–H groups in total. The van der Waals surface area contributed by atoms with Crippen molar-refractivity contribution in [1.82, 2.24) is 10.2 Å². The van der Waals surface area contributed by atoms with Gasteiger partial charge in [-0.2, -0.15) is 5.10 Å². The first-order valence-corrected chi connectivity index (χ1v) is 6.42. The van der Waals surface area contributed by atoms with Crippen LogP contribution in [0.25, 0.3) is 0 Å². The summed E-state index contributed by atoms with van der Waals surface area (Å²) in [5, 5.41) is 18.6. The predicted octanol–water partition coefficient (Wildman–Crippen LogP) is 1.97. The summed E-state index contributed by atoms with van der Waals surface area (Å²) in [7, 11) is 0. The Morgan fingerprint density at radius 1 is 1.47 bits per heavy atom. The van der Waals surface area contributed by atoms with Crippen molar-refractivity contribution < 1.29 is 14.7 Å². The Kier molecular flexibility index (Phi) is 3.66. The fourth-order valence-electron chi connectivity index (χ4n) is 1.70. The van der Waals surface area contributed by atoms with Gasteiger partial charge in [-0.15, -0.1) is 11.3 Å². The van der Waals surface area contributed by atoms with Gasteiger partial charge >= 0.3 is 5.97 Å². The fraction of sp³-hybridized carbons (Fsp3) is 0.250.